The normalized spacial score (nSPS) is 10.5. The van der Waals surface area contributed by atoms with E-state index < -0.39 is 11.2 Å². The van der Waals surface area contributed by atoms with Crippen molar-refractivity contribution in [3.05, 3.63) is 39.0 Å². The van der Waals surface area contributed by atoms with Crippen LogP contribution in [-0.4, -0.2) is 33.8 Å². The van der Waals surface area contributed by atoms with Crippen LogP contribution in [0.25, 0.3) is 0 Å². The summed E-state index contributed by atoms with van der Waals surface area (Å²) in [6.07, 6.45) is 1.38. The first kappa shape index (κ1) is 11.1. The standard InChI is InChI=1S/C9H11N5O3/c1-13(2)8-11-7(17-12-8)5-14-4-3-6(15)10-9(14)16/h3-4H,5H2,1-2H3,(H,10,15,16). The number of nitrogens with zero attached hydrogens (tertiary/aromatic N) is 4. The lowest BCUT2D eigenvalue weighted by Crippen LogP contribution is -2.28. The number of anilines is 1. The summed E-state index contributed by atoms with van der Waals surface area (Å²) in [5, 5.41) is 3.71. The highest BCUT2D eigenvalue weighted by atomic mass is 16.5. The molecule has 2 rings (SSSR count). The Bertz CT molecular complexity index is 624. The molecule has 0 atom stereocenters. The fourth-order valence-corrected chi connectivity index (χ4v) is 1.21. The zero-order valence-electron chi connectivity index (χ0n) is 9.38. The average Bonchev–Trinajstić information content (AvgIpc) is 2.71. The molecule has 0 bridgehead atoms. The largest absolute Gasteiger partial charge is 0.344 e. The van der Waals surface area contributed by atoms with Gasteiger partial charge >= 0.3 is 5.69 Å². The molecule has 8 heteroatoms. The number of aromatic amines is 1. The van der Waals surface area contributed by atoms with Gasteiger partial charge in [-0.25, -0.2) is 4.79 Å². The smallest absolute Gasteiger partial charge is 0.328 e. The zero-order valence-corrected chi connectivity index (χ0v) is 9.38. The summed E-state index contributed by atoms with van der Waals surface area (Å²) >= 11 is 0. The maximum absolute atomic E-state index is 11.4. The molecule has 0 aliphatic heterocycles. The summed E-state index contributed by atoms with van der Waals surface area (Å²) in [6, 6.07) is 1.25. The number of H-pyrrole nitrogens is 1. The lowest BCUT2D eigenvalue weighted by Gasteiger charge is -2.02. The Labute approximate surface area is 95.5 Å². The number of hydrogen-bond acceptors (Lipinski definition) is 6. The van der Waals surface area contributed by atoms with Crippen LogP contribution in [0.4, 0.5) is 5.95 Å². The minimum Gasteiger partial charge on any atom is -0.344 e. The van der Waals surface area contributed by atoms with Gasteiger partial charge in [0.1, 0.15) is 6.54 Å². The second-order valence-corrected chi connectivity index (χ2v) is 3.62. The van der Waals surface area contributed by atoms with E-state index in [0.29, 0.717) is 11.8 Å². The number of aromatic nitrogens is 4. The van der Waals surface area contributed by atoms with E-state index in [2.05, 4.69) is 15.1 Å². The van der Waals surface area contributed by atoms with Crippen LogP contribution >= 0.6 is 0 Å². The summed E-state index contributed by atoms with van der Waals surface area (Å²) in [5.41, 5.74) is -0.951. The lowest BCUT2D eigenvalue weighted by atomic mass is 10.5. The second-order valence-electron chi connectivity index (χ2n) is 3.62. The van der Waals surface area contributed by atoms with Crippen molar-refractivity contribution in [2.75, 3.05) is 19.0 Å². The third kappa shape index (κ3) is 2.41. The Kier molecular flexibility index (Phi) is 2.77. The number of nitrogens with one attached hydrogen (secondary N) is 1. The summed E-state index contributed by atoms with van der Waals surface area (Å²) in [4.78, 5) is 30.1. The van der Waals surface area contributed by atoms with Crippen LogP contribution in [0.2, 0.25) is 0 Å². The Hall–Kier alpha value is -2.38. The molecule has 0 fully saturated rings. The molecule has 17 heavy (non-hydrogen) atoms. The van der Waals surface area contributed by atoms with E-state index in [0.717, 1.165) is 0 Å². The molecule has 0 saturated heterocycles. The fourth-order valence-electron chi connectivity index (χ4n) is 1.21. The Balaban J connectivity index is 2.25. The van der Waals surface area contributed by atoms with Crippen LogP contribution in [0.3, 0.4) is 0 Å². The monoisotopic (exact) mass is 237 g/mol. The fraction of sp³-hybridized carbons (Fsp3) is 0.333. The molecule has 8 nitrogen and oxygen atoms in total. The maximum atomic E-state index is 11.4. The van der Waals surface area contributed by atoms with Crippen LogP contribution in [0.1, 0.15) is 5.89 Å². The molecule has 2 heterocycles. The first-order valence-corrected chi connectivity index (χ1v) is 4.86. The molecule has 0 saturated carbocycles. The van der Waals surface area contributed by atoms with Crippen molar-refractivity contribution >= 4 is 5.95 Å². The zero-order chi connectivity index (χ0) is 12.4. The Morgan fingerprint density at radius 1 is 1.47 bits per heavy atom. The Morgan fingerprint density at radius 2 is 2.24 bits per heavy atom. The highest BCUT2D eigenvalue weighted by Crippen LogP contribution is 2.05. The van der Waals surface area contributed by atoms with Crippen molar-refractivity contribution in [2.45, 2.75) is 6.54 Å². The van der Waals surface area contributed by atoms with Gasteiger partial charge in [-0.15, -0.1) is 0 Å². The molecule has 0 aromatic carbocycles. The molecule has 2 aromatic rings. The quantitative estimate of drug-likeness (QED) is 0.738. The van der Waals surface area contributed by atoms with E-state index in [9.17, 15) is 9.59 Å². The predicted molar refractivity (Wildman–Crippen MR) is 59.0 cm³/mol. The van der Waals surface area contributed by atoms with E-state index in [4.69, 9.17) is 4.52 Å². The number of rotatable bonds is 3. The van der Waals surface area contributed by atoms with Crippen molar-refractivity contribution in [3.8, 4) is 0 Å². The third-order valence-corrected chi connectivity index (χ3v) is 2.06. The molecule has 90 valence electrons. The van der Waals surface area contributed by atoms with Crippen molar-refractivity contribution in [3.63, 3.8) is 0 Å². The SMILES string of the molecule is CN(C)c1noc(Cn2ccc(=O)[nH]c2=O)n1. The highest BCUT2D eigenvalue weighted by molar-refractivity contribution is 5.23. The molecular weight excluding hydrogens is 226 g/mol. The van der Waals surface area contributed by atoms with Crippen molar-refractivity contribution in [1.82, 2.24) is 19.7 Å². The minimum atomic E-state index is -0.512. The summed E-state index contributed by atoms with van der Waals surface area (Å²) in [5.74, 6) is 0.723. The van der Waals surface area contributed by atoms with Gasteiger partial charge in [0.2, 0.25) is 5.89 Å². The third-order valence-electron chi connectivity index (χ3n) is 2.06. The molecule has 0 amide bonds. The van der Waals surface area contributed by atoms with Crippen LogP contribution in [0.5, 0.6) is 0 Å². The van der Waals surface area contributed by atoms with Crippen LogP contribution in [0.15, 0.2) is 26.4 Å². The first-order chi connectivity index (χ1) is 8.06. The Morgan fingerprint density at radius 3 is 2.82 bits per heavy atom. The lowest BCUT2D eigenvalue weighted by molar-refractivity contribution is 0.368. The van der Waals surface area contributed by atoms with Crippen LogP contribution in [-0.2, 0) is 6.54 Å². The van der Waals surface area contributed by atoms with Gasteiger partial charge in [0, 0.05) is 26.4 Å². The van der Waals surface area contributed by atoms with Crippen molar-refractivity contribution < 1.29 is 4.52 Å². The number of hydrogen-bond donors (Lipinski definition) is 1. The molecule has 0 aliphatic rings. The second kappa shape index (κ2) is 4.24. The molecule has 0 radical (unpaired) electrons. The van der Waals surface area contributed by atoms with Gasteiger partial charge in [0.05, 0.1) is 0 Å². The van der Waals surface area contributed by atoms with E-state index in [-0.39, 0.29) is 6.54 Å². The van der Waals surface area contributed by atoms with Gasteiger partial charge < -0.3 is 9.42 Å². The highest BCUT2D eigenvalue weighted by Gasteiger charge is 2.08. The molecular formula is C9H11N5O3. The van der Waals surface area contributed by atoms with E-state index in [1.54, 1.807) is 19.0 Å². The molecule has 0 aliphatic carbocycles. The van der Waals surface area contributed by atoms with Gasteiger partial charge in [-0.3, -0.25) is 14.3 Å². The van der Waals surface area contributed by atoms with Gasteiger partial charge in [0.25, 0.3) is 11.5 Å². The first-order valence-electron chi connectivity index (χ1n) is 4.86. The molecule has 0 spiro atoms. The van der Waals surface area contributed by atoms with Gasteiger partial charge in [-0.2, -0.15) is 4.98 Å². The van der Waals surface area contributed by atoms with E-state index in [1.807, 2.05) is 0 Å². The van der Waals surface area contributed by atoms with Gasteiger partial charge in [0.15, 0.2) is 0 Å². The van der Waals surface area contributed by atoms with Gasteiger partial charge in [-0.1, -0.05) is 0 Å². The maximum Gasteiger partial charge on any atom is 0.328 e. The summed E-state index contributed by atoms with van der Waals surface area (Å²) < 4.78 is 6.23. The summed E-state index contributed by atoms with van der Waals surface area (Å²) in [7, 11) is 3.56. The molecule has 1 N–H and O–H groups in total. The average molecular weight is 237 g/mol. The molecule has 0 unspecified atom stereocenters. The van der Waals surface area contributed by atoms with Crippen LogP contribution in [0, 0.1) is 0 Å². The summed E-state index contributed by atoms with van der Waals surface area (Å²) in [6.45, 7) is 0.121. The molecule has 2 aromatic heterocycles. The van der Waals surface area contributed by atoms with E-state index >= 15 is 0 Å². The van der Waals surface area contributed by atoms with Crippen molar-refractivity contribution in [1.29, 1.82) is 0 Å². The minimum absolute atomic E-state index is 0.121. The van der Waals surface area contributed by atoms with Crippen LogP contribution < -0.4 is 16.1 Å². The van der Waals surface area contributed by atoms with E-state index in [1.165, 1.54) is 16.8 Å². The van der Waals surface area contributed by atoms with Gasteiger partial charge in [-0.05, 0) is 5.16 Å². The predicted octanol–water partition coefficient (Wildman–Crippen LogP) is -0.966. The topological polar surface area (TPSA) is 97.0 Å². The van der Waals surface area contributed by atoms with Crippen molar-refractivity contribution in [2.24, 2.45) is 0 Å².